The normalized spacial score (nSPS) is 26.9. The van der Waals surface area contributed by atoms with Crippen molar-refractivity contribution < 1.29 is 14.7 Å². The van der Waals surface area contributed by atoms with E-state index >= 15 is 0 Å². The highest BCUT2D eigenvalue weighted by Crippen LogP contribution is 2.45. The van der Waals surface area contributed by atoms with Crippen LogP contribution in [0.15, 0.2) is 0 Å². The van der Waals surface area contributed by atoms with Crippen LogP contribution >= 0.6 is 11.8 Å². The number of nitrogens with zero attached hydrogens (tertiary/aromatic N) is 1. The third-order valence-electron chi connectivity index (χ3n) is 3.14. The van der Waals surface area contributed by atoms with Gasteiger partial charge in [-0.2, -0.15) is 0 Å². The van der Waals surface area contributed by atoms with Crippen molar-refractivity contribution >= 4 is 23.6 Å². The average Bonchev–Trinajstić information content (AvgIpc) is 3.07. The van der Waals surface area contributed by atoms with Crippen LogP contribution in [-0.2, 0) is 9.59 Å². The van der Waals surface area contributed by atoms with Crippen molar-refractivity contribution in [2.45, 2.75) is 24.3 Å². The molecule has 1 saturated heterocycles. The molecule has 0 aromatic carbocycles. The van der Waals surface area contributed by atoms with E-state index in [0.717, 1.165) is 12.8 Å². The number of thioether (sulfide) groups is 1. The van der Waals surface area contributed by atoms with E-state index in [1.165, 1.54) is 4.90 Å². The zero-order valence-electron chi connectivity index (χ0n) is 9.96. The van der Waals surface area contributed by atoms with Gasteiger partial charge in [0.25, 0.3) is 0 Å². The van der Waals surface area contributed by atoms with Crippen molar-refractivity contribution in [1.82, 2.24) is 10.2 Å². The average molecular weight is 268 g/mol. The molecule has 0 spiro atoms. The molecule has 1 aliphatic heterocycles. The van der Waals surface area contributed by atoms with Crippen LogP contribution in [0.5, 0.6) is 0 Å². The Hall–Kier alpha value is -1.19. The second-order valence-corrected chi connectivity index (χ2v) is 5.67. The van der Waals surface area contributed by atoms with Crippen LogP contribution in [0.25, 0.3) is 0 Å². The van der Waals surface area contributed by atoms with E-state index in [0.29, 0.717) is 18.2 Å². The molecule has 0 aromatic heterocycles. The zero-order chi connectivity index (χ0) is 13.1. The number of hydrogen-bond acceptors (Lipinski definition) is 4. The van der Waals surface area contributed by atoms with Gasteiger partial charge in [-0.25, -0.2) is 4.79 Å². The topological polar surface area (TPSA) is 69.6 Å². The first kappa shape index (κ1) is 13.2. The smallest absolute Gasteiger partial charge is 0.327 e. The Morgan fingerprint density at radius 2 is 2.22 bits per heavy atom. The van der Waals surface area contributed by atoms with Gasteiger partial charge in [-0.05, 0) is 18.8 Å². The van der Waals surface area contributed by atoms with Crippen molar-refractivity contribution in [3.8, 4) is 12.3 Å². The second-order valence-electron chi connectivity index (χ2n) is 4.52. The third kappa shape index (κ3) is 2.79. The molecule has 2 unspecified atom stereocenters. The fraction of sp³-hybridized carbons (Fsp3) is 0.667. The largest absolute Gasteiger partial charge is 0.480 e. The SMILES string of the molecule is C#CCNCC(=O)N1C(C(=O)O)CSC1C1CC1. The van der Waals surface area contributed by atoms with Crippen molar-refractivity contribution in [2.75, 3.05) is 18.8 Å². The number of carboxylic acids is 1. The molecule has 5 nitrogen and oxygen atoms in total. The predicted octanol–water partition coefficient (Wildman–Crippen LogP) is -0.0261. The van der Waals surface area contributed by atoms with Gasteiger partial charge < -0.3 is 10.0 Å². The van der Waals surface area contributed by atoms with Gasteiger partial charge in [0.1, 0.15) is 6.04 Å². The molecule has 0 bridgehead atoms. The minimum absolute atomic E-state index is 0.0336. The van der Waals surface area contributed by atoms with E-state index in [1.54, 1.807) is 11.8 Å². The van der Waals surface area contributed by atoms with Crippen LogP contribution in [0.2, 0.25) is 0 Å². The van der Waals surface area contributed by atoms with E-state index in [9.17, 15) is 9.59 Å². The first-order chi connectivity index (χ1) is 8.65. The minimum Gasteiger partial charge on any atom is -0.480 e. The molecule has 0 radical (unpaired) electrons. The zero-order valence-corrected chi connectivity index (χ0v) is 10.8. The fourth-order valence-electron chi connectivity index (χ4n) is 2.11. The van der Waals surface area contributed by atoms with E-state index in [2.05, 4.69) is 11.2 Å². The van der Waals surface area contributed by atoms with Crippen molar-refractivity contribution in [3.63, 3.8) is 0 Å². The molecule has 0 aromatic rings. The van der Waals surface area contributed by atoms with E-state index in [-0.39, 0.29) is 17.8 Å². The molecular formula is C12H16N2O3S. The van der Waals surface area contributed by atoms with Gasteiger partial charge in [-0.15, -0.1) is 18.2 Å². The maximum absolute atomic E-state index is 12.1. The molecule has 2 atom stereocenters. The standard InChI is InChI=1S/C12H16N2O3S/c1-2-5-13-6-10(15)14-9(12(16)17)7-18-11(14)8-3-4-8/h1,8-9,11,13H,3-7H2,(H,16,17). The molecule has 6 heteroatoms. The molecule has 2 rings (SSSR count). The number of carbonyl (C=O) groups is 2. The first-order valence-corrected chi connectivity index (χ1v) is 6.99. The molecule has 2 aliphatic rings. The van der Waals surface area contributed by atoms with Crippen LogP contribution in [0.4, 0.5) is 0 Å². The number of carboxylic acid groups (broad SMARTS) is 1. The summed E-state index contributed by atoms with van der Waals surface area (Å²) in [7, 11) is 0. The number of nitrogens with one attached hydrogen (secondary N) is 1. The molecule has 1 aliphatic carbocycles. The summed E-state index contributed by atoms with van der Waals surface area (Å²) >= 11 is 1.58. The number of hydrogen-bond donors (Lipinski definition) is 2. The number of aliphatic carboxylic acids is 1. The highest BCUT2D eigenvalue weighted by atomic mass is 32.2. The van der Waals surface area contributed by atoms with Crippen LogP contribution in [-0.4, -0.2) is 52.1 Å². The third-order valence-corrected chi connectivity index (χ3v) is 4.60. The highest BCUT2D eigenvalue weighted by molar-refractivity contribution is 8.00. The number of carbonyl (C=O) groups excluding carboxylic acids is 1. The van der Waals surface area contributed by atoms with E-state index < -0.39 is 12.0 Å². The van der Waals surface area contributed by atoms with Crippen LogP contribution < -0.4 is 5.32 Å². The van der Waals surface area contributed by atoms with Crippen LogP contribution in [0.3, 0.4) is 0 Å². The van der Waals surface area contributed by atoms with Gasteiger partial charge in [-0.1, -0.05) is 5.92 Å². The summed E-state index contributed by atoms with van der Waals surface area (Å²) in [6.07, 6.45) is 7.27. The lowest BCUT2D eigenvalue weighted by Gasteiger charge is -2.27. The maximum Gasteiger partial charge on any atom is 0.327 e. The van der Waals surface area contributed by atoms with Crippen LogP contribution in [0.1, 0.15) is 12.8 Å². The van der Waals surface area contributed by atoms with E-state index in [1.807, 2.05) is 0 Å². The first-order valence-electron chi connectivity index (χ1n) is 5.95. The van der Waals surface area contributed by atoms with Crippen LogP contribution in [0, 0.1) is 18.3 Å². The lowest BCUT2D eigenvalue weighted by molar-refractivity contribution is -0.148. The maximum atomic E-state index is 12.1. The summed E-state index contributed by atoms with van der Waals surface area (Å²) in [5.41, 5.74) is 0. The molecule has 2 N–H and O–H groups in total. The number of terminal acetylenes is 1. The van der Waals surface area contributed by atoms with Gasteiger partial charge in [0.15, 0.2) is 0 Å². The summed E-state index contributed by atoms with van der Waals surface area (Å²) in [4.78, 5) is 24.8. The van der Waals surface area contributed by atoms with Gasteiger partial charge in [0.2, 0.25) is 5.91 Å². The summed E-state index contributed by atoms with van der Waals surface area (Å²) < 4.78 is 0. The molecule has 98 valence electrons. The summed E-state index contributed by atoms with van der Waals surface area (Å²) in [6, 6.07) is -0.694. The predicted molar refractivity (Wildman–Crippen MR) is 68.9 cm³/mol. The molecular weight excluding hydrogens is 252 g/mol. The molecule has 18 heavy (non-hydrogen) atoms. The van der Waals surface area contributed by atoms with E-state index in [4.69, 9.17) is 11.5 Å². The summed E-state index contributed by atoms with van der Waals surface area (Å²) in [6.45, 7) is 0.427. The van der Waals surface area contributed by atoms with Gasteiger partial charge >= 0.3 is 5.97 Å². The Morgan fingerprint density at radius 3 is 2.78 bits per heavy atom. The van der Waals surface area contributed by atoms with Gasteiger partial charge in [0, 0.05) is 5.75 Å². The second kappa shape index (κ2) is 5.63. The number of rotatable bonds is 5. The summed E-state index contributed by atoms with van der Waals surface area (Å²) in [5, 5.41) is 12.0. The van der Waals surface area contributed by atoms with Crippen molar-refractivity contribution in [2.24, 2.45) is 5.92 Å². The lowest BCUT2D eigenvalue weighted by Crippen LogP contribution is -2.49. The molecule has 1 amide bonds. The Labute approximate surface area is 110 Å². The molecule has 2 fully saturated rings. The van der Waals surface area contributed by atoms with Crippen molar-refractivity contribution in [3.05, 3.63) is 0 Å². The Morgan fingerprint density at radius 1 is 1.50 bits per heavy atom. The highest BCUT2D eigenvalue weighted by Gasteiger charge is 2.47. The van der Waals surface area contributed by atoms with Gasteiger partial charge in [-0.3, -0.25) is 10.1 Å². The molecule has 1 saturated carbocycles. The van der Waals surface area contributed by atoms with Crippen molar-refractivity contribution in [1.29, 1.82) is 0 Å². The fourth-order valence-corrected chi connectivity index (χ4v) is 3.76. The quantitative estimate of drug-likeness (QED) is 0.541. The van der Waals surface area contributed by atoms with Gasteiger partial charge in [0.05, 0.1) is 18.5 Å². The lowest BCUT2D eigenvalue weighted by atomic mass is 10.2. The molecule has 1 heterocycles. The number of amides is 1. The monoisotopic (exact) mass is 268 g/mol. The minimum atomic E-state index is -0.920. The Bertz CT molecular complexity index is 389. The Balaban J connectivity index is 2.01. The summed E-state index contributed by atoms with van der Waals surface area (Å²) in [5.74, 6) is 2.26. The Kier molecular flexibility index (Phi) is 4.15.